The highest BCUT2D eigenvalue weighted by molar-refractivity contribution is 7.17. The number of anilines is 2. The Balaban J connectivity index is 1.26. The standard InChI is InChI=1S/C30H39Cl2N7O4S/c1-5-19(6-2)37-9-11-38(12-10-37)23-15-33-20(14-34-23)26-28(29(41)42)44-30(36-26)39-8-7-18(22(16-39)43-4)13-21(40)27-25(32)24(31)17(3)35-27/h14-15,18-19,22,35H,5-13,16H2,1-4H3,(H,41,42)/t18-,22-/m0/s1. The molecule has 3 aromatic heterocycles. The van der Waals surface area contributed by atoms with Gasteiger partial charge in [-0.1, -0.05) is 48.4 Å². The molecule has 5 rings (SSSR count). The highest BCUT2D eigenvalue weighted by Gasteiger charge is 2.34. The van der Waals surface area contributed by atoms with E-state index >= 15 is 0 Å². The van der Waals surface area contributed by atoms with Crippen molar-refractivity contribution in [1.29, 1.82) is 0 Å². The van der Waals surface area contributed by atoms with Gasteiger partial charge >= 0.3 is 5.97 Å². The highest BCUT2D eigenvalue weighted by Crippen LogP contribution is 2.37. The molecular formula is C30H39Cl2N7O4S. The molecule has 2 N–H and O–H groups in total. The van der Waals surface area contributed by atoms with E-state index in [1.807, 2.05) is 4.90 Å². The Bertz CT molecular complexity index is 1470. The number of nitrogens with zero attached hydrogens (tertiary/aromatic N) is 6. The minimum atomic E-state index is -1.06. The Morgan fingerprint density at radius 1 is 1.09 bits per heavy atom. The molecule has 2 aliphatic rings. The van der Waals surface area contributed by atoms with Gasteiger partial charge in [0.1, 0.15) is 27.8 Å². The van der Waals surface area contributed by atoms with Crippen molar-refractivity contribution in [2.45, 2.75) is 58.6 Å². The number of carbonyl (C=O) groups excluding carboxylic acids is 1. The van der Waals surface area contributed by atoms with Crippen LogP contribution in [0.3, 0.4) is 0 Å². The topological polar surface area (TPSA) is 128 Å². The molecular weight excluding hydrogens is 625 g/mol. The van der Waals surface area contributed by atoms with Crippen LogP contribution in [0.4, 0.5) is 10.9 Å². The number of aromatic amines is 1. The van der Waals surface area contributed by atoms with Crippen LogP contribution in [-0.4, -0.2) is 100 Å². The Labute approximate surface area is 271 Å². The maximum Gasteiger partial charge on any atom is 0.348 e. The lowest BCUT2D eigenvalue weighted by Gasteiger charge is -2.39. The molecule has 238 valence electrons. The van der Waals surface area contributed by atoms with Gasteiger partial charge in [-0.25, -0.2) is 19.7 Å². The van der Waals surface area contributed by atoms with Crippen molar-refractivity contribution in [1.82, 2.24) is 24.8 Å². The molecule has 2 fully saturated rings. The van der Waals surface area contributed by atoms with Gasteiger partial charge in [0.05, 0.1) is 28.5 Å². The molecule has 0 amide bonds. The molecule has 0 spiro atoms. The predicted octanol–water partition coefficient (Wildman–Crippen LogP) is 5.67. The number of carboxylic acids is 1. The zero-order valence-electron chi connectivity index (χ0n) is 25.5. The number of thiazole rings is 1. The van der Waals surface area contributed by atoms with E-state index in [1.54, 1.807) is 26.4 Å². The second kappa shape index (κ2) is 14.1. The molecule has 3 aromatic rings. The van der Waals surface area contributed by atoms with Crippen molar-refractivity contribution in [3.63, 3.8) is 0 Å². The number of aromatic carboxylic acids is 1. The number of hydrogen-bond donors (Lipinski definition) is 2. The summed E-state index contributed by atoms with van der Waals surface area (Å²) >= 11 is 13.6. The number of piperidine rings is 1. The van der Waals surface area contributed by atoms with Gasteiger partial charge in [0.2, 0.25) is 0 Å². The van der Waals surface area contributed by atoms with E-state index in [-0.39, 0.29) is 34.1 Å². The summed E-state index contributed by atoms with van der Waals surface area (Å²) in [6, 6.07) is 0.610. The number of rotatable bonds is 11. The minimum absolute atomic E-state index is 0.0457. The first-order chi connectivity index (χ1) is 21.1. The third-order valence-corrected chi connectivity index (χ3v) is 10.9. The van der Waals surface area contributed by atoms with Gasteiger partial charge in [-0.05, 0) is 32.1 Å². The fraction of sp³-hybridized carbons (Fsp3) is 0.567. The van der Waals surface area contributed by atoms with Gasteiger partial charge in [0.25, 0.3) is 0 Å². The minimum Gasteiger partial charge on any atom is -0.477 e. The summed E-state index contributed by atoms with van der Waals surface area (Å²) in [5, 5.41) is 11.2. The third-order valence-electron chi connectivity index (χ3n) is 8.84. The first-order valence-corrected chi connectivity index (χ1v) is 16.6. The number of methoxy groups -OCH3 is 1. The summed E-state index contributed by atoms with van der Waals surface area (Å²) in [7, 11) is 1.62. The highest BCUT2D eigenvalue weighted by atomic mass is 35.5. The molecule has 0 radical (unpaired) electrons. The van der Waals surface area contributed by atoms with E-state index in [2.05, 4.69) is 38.6 Å². The van der Waals surface area contributed by atoms with Gasteiger partial charge in [0, 0.05) is 64.5 Å². The lowest BCUT2D eigenvalue weighted by molar-refractivity contribution is 0.0375. The molecule has 0 unspecified atom stereocenters. The SMILES string of the molecule is CCC(CC)N1CCN(c2cnc(-c3nc(N4CC[C@@H](CC(=O)c5[nH]c(C)c(Cl)c5Cl)[C@@H](OC)C4)sc3C(=O)O)cn2)CC1. The first-order valence-electron chi connectivity index (χ1n) is 15.0. The van der Waals surface area contributed by atoms with Crippen LogP contribution in [0.15, 0.2) is 12.4 Å². The van der Waals surface area contributed by atoms with Crippen LogP contribution >= 0.6 is 34.5 Å². The normalized spacial score (nSPS) is 19.6. The molecule has 0 bridgehead atoms. The molecule has 0 aromatic carbocycles. The van der Waals surface area contributed by atoms with E-state index in [1.165, 1.54) is 0 Å². The van der Waals surface area contributed by atoms with Crippen molar-refractivity contribution in [2.24, 2.45) is 5.92 Å². The summed E-state index contributed by atoms with van der Waals surface area (Å²) in [4.78, 5) is 49.1. The van der Waals surface area contributed by atoms with Gasteiger partial charge in [-0.15, -0.1) is 0 Å². The van der Waals surface area contributed by atoms with Crippen LogP contribution in [0.5, 0.6) is 0 Å². The number of piperazine rings is 1. The molecule has 2 atom stereocenters. The molecule has 14 heteroatoms. The predicted molar refractivity (Wildman–Crippen MR) is 174 cm³/mol. The monoisotopic (exact) mass is 663 g/mol. The number of carboxylic acid groups (broad SMARTS) is 1. The molecule has 11 nitrogen and oxygen atoms in total. The Morgan fingerprint density at radius 2 is 1.82 bits per heavy atom. The number of halogens is 2. The number of carbonyl (C=O) groups is 2. The molecule has 0 saturated carbocycles. The second-order valence-corrected chi connectivity index (χ2v) is 13.1. The molecule has 44 heavy (non-hydrogen) atoms. The van der Waals surface area contributed by atoms with Crippen LogP contribution in [0.25, 0.3) is 11.4 Å². The smallest absolute Gasteiger partial charge is 0.348 e. The largest absolute Gasteiger partial charge is 0.477 e. The van der Waals surface area contributed by atoms with Crippen LogP contribution in [0.2, 0.25) is 10.0 Å². The zero-order chi connectivity index (χ0) is 31.5. The number of aryl methyl sites for hydroxylation is 1. The summed E-state index contributed by atoms with van der Waals surface area (Å²) in [5.41, 5.74) is 1.69. The number of nitrogens with one attached hydrogen (secondary N) is 1. The quantitative estimate of drug-likeness (QED) is 0.248. The van der Waals surface area contributed by atoms with Gasteiger partial charge in [0.15, 0.2) is 10.9 Å². The molecule has 0 aliphatic carbocycles. The van der Waals surface area contributed by atoms with Crippen molar-refractivity contribution in [2.75, 3.05) is 56.2 Å². The van der Waals surface area contributed by atoms with Crippen LogP contribution in [-0.2, 0) is 4.74 Å². The van der Waals surface area contributed by atoms with Crippen LogP contribution < -0.4 is 9.80 Å². The van der Waals surface area contributed by atoms with E-state index in [9.17, 15) is 14.7 Å². The second-order valence-electron chi connectivity index (χ2n) is 11.4. The van der Waals surface area contributed by atoms with E-state index < -0.39 is 5.97 Å². The van der Waals surface area contributed by atoms with Crippen molar-refractivity contribution < 1.29 is 19.4 Å². The first kappa shape index (κ1) is 32.6. The molecule has 2 aliphatic heterocycles. The maximum atomic E-state index is 13.0. The summed E-state index contributed by atoms with van der Waals surface area (Å²) < 4.78 is 5.79. The Kier molecular flexibility index (Phi) is 10.5. The summed E-state index contributed by atoms with van der Waals surface area (Å²) in [6.45, 7) is 11.0. The Hall–Kier alpha value is -2.77. The molecule has 5 heterocycles. The number of ketones is 1. The van der Waals surface area contributed by atoms with Crippen LogP contribution in [0.1, 0.15) is 65.4 Å². The number of Topliss-reactive ketones (excluding diaryl/α,β-unsaturated/α-hetero) is 1. The van der Waals surface area contributed by atoms with Crippen molar-refractivity contribution in [3.8, 4) is 11.4 Å². The van der Waals surface area contributed by atoms with E-state index in [0.29, 0.717) is 58.5 Å². The molecule has 2 saturated heterocycles. The lowest BCUT2D eigenvalue weighted by atomic mass is 9.88. The summed E-state index contributed by atoms with van der Waals surface area (Å²) in [6.07, 6.45) is 6.27. The van der Waals surface area contributed by atoms with E-state index in [4.69, 9.17) is 32.9 Å². The average molecular weight is 665 g/mol. The number of aromatic nitrogens is 4. The van der Waals surface area contributed by atoms with Gasteiger partial charge < -0.3 is 24.6 Å². The number of H-pyrrole nitrogens is 1. The number of ether oxygens (including phenoxy) is 1. The average Bonchev–Trinajstić information content (AvgIpc) is 3.60. The summed E-state index contributed by atoms with van der Waals surface area (Å²) in [5.74, 6) is -0.448. The van der Waals surface area contributed by atoms with Crippen LogP contribution in [0, 0.1) is 12.8 Å². The van der Waals surface area contributed by atoms with Gasteiger partial charge in [-0.2, -0.15) is 0 Å². The van der Waals surface area contributed by atoms with E-state index in [0.717, 1.165) is 56.2 Å². The number of hydrogen-bond acceptors (Lipinski definition) is 10. The van der Waals surface area contributed by atoms with Crippen molar-refractivity contribution >= 4 is 57.2 Å². The fourth-order valence-electron chi connectivity index (χ4n) is 6.23. The van der Waals surface area contributed by atoms with Crippen molar-refractivity contribution in [3.05, 3.63) is 38.7 Å². The Morgan fingerprint density at radius 3 is 2.39 bits per heavy atom. The zero-order valence-corrected chi connectivity index (χ0v) is 27.8. The fourth-order valence-corrected chi connectivity index (χ4v) is 7.62. The maximum absolute atomic E-state index is 13.0. The lowest BCUT2D eigenvalue weighted by Crippen LogP contribution is -2.50. The van der Waals surface area contributed by atoms with Gasteiger partial charge in [-0.3, -0.25) is 9.69 Å². The third kappa shape index (κ3) is 6.74.